The molecule has 8 heteroatoms. The minimum Gasteiger partial charge on any atom is -0.496 e. The summed E-state index contributed by atoms with van der Waals surface area (Å²) in [6, 6.07) is 17.3. The summed E-state index contributed by atoms with van der Waals surface area (Å²) < 4.78 is 5.30. The lowest BCUT2D eigenvalue weighted by Gasteiger charge is -2.36. The van der Waals surface area contributed by atoms with Gasteiger partial charge in [-0.05, 0) is 36.0 Å². The Balaban J connectivity index is 1.38. The van der Waals surface area contributed by atoms with Gasteiger partial charge in [-0.15, -0.1) is 0 Å². The third-order valence-electron chi connectivity index (χ3n) is 5.35. The summed E-state index contributed by atoms with van der Waals surface area (Å²) in [6.07, 6.45) is 1.63. The maximum atomic E-state index is 12.8. The van der Waals surface area contributed by atoms with Crippen molar-refractivity contribution in [2.45, 2.75) is 0 Å². The molecule has 160 valence electrons. The molecule has 3 amide bonds. The summed E-state index contributed by atoms with van der Waals surface area (Å²) in [5, 5.41) is -0.428. The molecule has 31 heavy (non-hydrogen) atoms. The monoisotopic (exact) mass is 437 g/mol. The van der Waals surface area contributed by atoms with E-state index in [0.717, 1.165) is 22.3 Å². The van der Waals surface area contributed by atoms with Crippen LogP contribution < -0.4 is 9.64 Å². The number of benzene rings is 2. The highest BCUT2D eigenvalue weighted by Crippen LogP contribution is 2.33. The van der Waals surface area contributed by atoms with Crippen LogP contribution in [0.25, 0.3) is 6.08 Å². The van der Waals surface area contributed by atoms with E-state index in [0.29, 0.717) is 37.5 Å². The number of carbonyl (C=O) groups excluding carboxylic acids is 3. The summed E-state index contributed by atoms with van der Waals surface area (Å²) >= 11 is 0.846. The van der Waals surface area contributed by atoms with Gasteiger partial charge in [-0.3, -0.25) is 19.3 Å². The summed E-state index contributed by atoms with van der Waals surface area (Å²) in [5.74, 6) is -0.0487. The van der Waals surface area contributed by atoms with Gasteiger partial charge in [0.05, 0.1) is 12.0 Å². The van der Waals surface area contributed by atoms with Crippen molar-refractivity contribution < 1.29 is 19.1 Å². The molecule has 7 nitrogen and oxygen atoms in total. The van der Waals surface area contributed by atoms with E-state index in [9.17, 15) is 14.4 Å². The molecule has 0 aromatic heterocycles. The van der Waals surface area contributed by atoms with Gasteiger partial charge in [0.25, 0.3) is 11.1 Å². The highest BCUT2D eigenvalue weighted by molar-refractivity contribution is 8.18. The largest absolute Gasteiger partial charge is 0.496 e. The minimum absolute atomic E-state index is 0.214. The van der Waals surface area contributed by atoms with E-state index >= 15 is 0 Å². The minimum atomic E-state index is -0.447. The summed E-state index contributed by atoms with van der Waals surface area (Å²) in [7, 11) is 1.55. The lowest BCUT2D eigenvalue weighted by molar-refractivity contribution is -0.136. The molecule has 0 bridgehead atoms. The maximum Gasteiger partial charge on any atom is 0.294 e. The van der Waals surface area contributed by atoms with E-state index in [-0.39, 0.29) is 17.4 Å². The van der Waals surface area contributed by atoms with Crippen LogP contribution in [-0.4, -0.2) is 66.7 Å². The van der Waals surface area contributed by atoms with Crippen LogP contribution in [0.2, 0.25) is 0 Å². The number of imide groups is 1. The summed E-state index contributed by atoms with van der Waals surface area (Å²) in [4.78, 5) is 43.2. The molecule has 2 aliphatic rings. The molecule has 0 aliphatic carbocycles. The van der Waals surface area contributed by atoms with Gasteiger partial charge in [0.2, 0.25) is 5.91 Å². The molecule has 0 radical (unpaired) electrons. The zero-order chi connectivity index (χ0) is 21.8. The van der Waals surface area contributed by atoms with Crippen molar-refractivity contribution >= 4 is 40.6 Å². The molecule has 4 rings (SSSR count). The van der Waals surface area contributed by atoms with Crippen molar-refractivity contribution in [1.82, 2.24) is 9.80 Å². The molecule has 0 N–H and O–H groups in total. The number of piperazine rings is 1. The average molecular weight is 438 g/mol. The summed E-state index contributed by atoms with van der Waals surface area (Å²) in [6.45, 7) is 2.30. The van der Waals surface area contributed by atoms with Crippen LogP contribution in [0.15, 0.2) is 59.5 Å². The Kier molecular flexibility index (Phi) is 6.27. The van der Waals surface area contributed by atoms with Gasteiger partial charge in [-0.25, -0.2) is 0 Å². The Hall–Kier alpha value is -3.26. The van der Waals surface area contributed by atoms with Crippen LogP contribution in [0.1, 0.15) is 5.56 Å². The fourth-order valence-electron chi connectivity index (χ4n) is 3.65. The number of rotatable bonds is 5. The van der Waals surface area contributed by atoms with Crippen molar-refractivity contribution in [2.75, 3.05) is 44.7 Å². The van der Waals surface area contributed by atoms with E-state index in [1.165, 1.54) is 0 Å². The number of anilines is 1. The first-order chi connectivity index (χ1) is 15.1. The predicted molar refractivity (Wildman–Crippen MR) is 121 cm³/mol. The van der Waals surface area contributed by atoms with E-state index < -0.39 is 11.1 Å². The van der Waals surface area contributed by atoms with Crippen LogP contribution >= 0.6 is 11.8 Å². The smallest absolute Gasteiger partial charge is 0.294 e. The number of carbonyl (C=O) groups is 3. The van der Waals surface area contributed by atoms with Crippen molar-refractivity contribution in [1.29, 1.82) is 0 Å². The number of nitrogens with zero attached hydrogens (tertiary/aromatic N) is 3. The lowest BCUT2D eigenvalue weighted by Crippen LogP contribution is -2.51. The molecular weight excluding hydrogens is 414 g/mol. The van der Waals surface area contributed by atoms with Crippen LogP contribution in [0.3, 0.4) is 0 Å². The van der Waals surface area contributed by atoms with Crippen molar-refractivity contribution in [3.63, 3.8) is 0 Å². The molecule has 2 heterocycles. The van der Waals surface area contributed by atoms with Gasteiger partial charge in [0, 0.05) is 37.4 Å². The van der Waals surface area contributed by atoms with Gasteiger partial charge in [-0.2, -0.15) is 0 Å². The zero-order valence-electron chi connectivity index (χ0n) is 17.2. The van der Waals surface area contributed by atoms with E-state index in [2.05, 4.69) is 4.90 Å². The third kappa shape index (κ3) is 4.59. The number of para-hydroxylation sites is 2. The highest BCUT2D eigenvalue weighted by atomic mass is 32.2. The molecule has 2 aliphatic heterocycles. The van der Waals surface area contributed by atoms with Gasteiger partial charge < -0.3 is 14.5 Å². The first-order valence-electron chi connectivity index (χ1n) is 10.0. The molecule has 0 unspecified atom stereocenters. The zero-order valence-corrected chi connectivity index (χ0v) is 18.0. The molecule has 0 spiro atoms. The number of ether oxygens (including phenoxy) is 1. The van der Waals surface area contributed by atoms with Crippen LogP contribution in [0.5, 0.6) is 5.75 Å². The average Bonchev–Trinajstić information content (AvgIpc) is 3.07. The number of hydrogen-bond acceptors (Lipinski definition) is 6. The Bertz CT molecular complexity index is 1020. The Labute approximate surface area is 185 Å². The van der Waals surface area contributed by atoms with Crippen molar-refractivity contribution in [2.24, 2.45) is 0 Å². The normalized spacial score (nSPS) is 18.1. The lowest BCUT2D eigenvalue weighted by atomic mass is 10.2. The topological polar surface area (TPSA) is 70.2 Å². The Morgan fingerprint density at radius 1 is 1.00 bits per heavy atom. The van der Waals surface area contributed by atoms with Crippen LogP contribution in [0.4, 0.5) is 10.5 Å². The molecule has 2 saturated heterocycles. The standard InChI is InChI=1S/C23H23N3O4S/c1-30-19-10-6-5-7-17(19)15-20-22(28)26(23(29)31-20)16-21(27)25-13-11-24(12-14-25)18-8-3-2-4-9-18/h2-10,15H,11-14,16H2,1H3/b20-15+. The molecule has 0 saturated carbocycles. The fourth-order valence-corrected chi connectivity index (χ4v) is 4.48. The van der Waals surface area contributed by atoms with Crippen molar-refractivity contribution in [3.8, 4) is 5.75 Å². The first-order valence-corrected chi connectivity index (χ1v) is 10.8. The predicted octanol–water partition coefficient (Wildman–Crippen LogP) is 3.08. The highest BCUT2D eigenvalue weighted by Gasteiger charge is 2.37. The Morgan fingerprint density at radius 2 is 1.68 bits per heavy atom. The van der Waals surface area contributed by atoms with Gasteiger partial charge in [0.1, 0.15) is 12.3 Å². The number of methoxy groups -OCH3 is 1. The van der Waals surface area contributed by atoms with Crippen LogP contribution in [-0.2, 0) is 9.59 Å². The number of hydrogen-bond donors (Lipinski definition) is 0. The third-order valence-corrected chi connectivity index (χ3v) is 6.25. The molecular formula is C23H23N3O4S. The second-order valence-electron chi connectivity index (χ2n) is 7.21. The SMILES string of the molecule is COc1ccccc1/C=C1/SC(=O)N(CC(=O)N2CCN(c3ccccc3)CC2)C1=O. The molecule has 2 aromatic rings. The molecule has 0 atom stereocenters. The molecule has 2 aromatic carbocycles. The molecule has 2 fully saturated rings. The van der Waals surface area contributed by atoms with E-state index in [1.807, 2.05) is 48.5 Å². The quantitative estimate of drug-likeness (QED) is 0.670. The second kappa shape index (κ2) is 9.26. The van der Waals surface area contributed by atoms with Gasteiger partial charge in [0.15, 0.2) is 0 Å². The second-order valence-corrected chi connectivity index (χ2v) is 8.21. The van der Waals surface area contributed by atoms with E-state index in [4.69, 9.17) is 4.74 Å². The van der Waals surface area contributed by atoms with Crippen molar-refractivity contribution in [3.05, 3.63) is 65.1 Å². The fraction of sp³-hybridized carbons (Fsp3) is 0.261. The van der Waals surface area contributed by atoms with Gasteiger partial charge in [-0.1, -0.05) is 36.4 Å². The Morgan fingerprint density at radius 3 is 2.39 bits per heavy atom. The maximum absolute atomic E-state index is 12.8. The van der Waals surface area contributed by atoms with Crippen LogP contribution in [0, 0.1) is 0 Å². The first kappa shape index (κ1) is 21.0. The van der Waals surface area contributed by atoms with E-state index in [1.54, 1.807) is 24.2 Å². The summed E-state index contributed by atoms with van der Waals surface area (Å²) in [5.41, 5.74) is 1.83. The number of thioether (sulfide) groups is 1. The van der Waals surface area contributed by atoms with Gasteiger partial charge >= 0.3 is 0 Å². The number of amides is 3.